The normalized spacial score (nSPS) is 14.5. The van der Waals surface area contributed by atoms with Crippen LogP contribution in [0.25, 0.3) is 11.3 Å². The Morgan fingerprint density at radius 2 is 1.84 bits per heavy atom. The lowest BCUT2D eigenvalue weighted by atomic mass is 10.0. The van der Waals surface area contributed by atoms with Gasteiger partial charge in [-0.15, -0.1) is 0 Å². The minimum atomic E-state index is -0.0826. The van der Waals surface area contributed by atoms with E-state index >= 15 is 0 Å². The molecule has 0 aliphatic carbocycles. The predicted octanol–water partition coefficient (Wildman–Crippen LogP) is 3.28. The molecule has 6 heteroatoms. The maximum absolute atomic E-state index is 13.1. The Hall–Kier alpha value is -2.96. The lowest BCUT2D eigenvalue weighted by molar-refractivity contribution is 0.0383. The van der Waals surface area contributed by atoms with Gasteiger partial charge in [0.15, 0.2) is 0 Å². The van der Waals surface area contributed by atoms with Crippen LogP contribution < -0.4 is 5.32 Å². The van der Waals surface area contributed by atoms with E-state index in [0.717, 1.165) is 49.7 Å². The molecular formula is C25H30N4O2. The smallest absolute Gasteiger partial charge is 0.255 e. The fourth-order valence-electron chi connectivity index (χ4n) is 3.79. The molecule has 0 saturated carbocycles. The number of nitrogens with zero attached hydrogens (tertiary/aromatic N) is 3. The van der Waals surface area contributed by atoms with E-state index in [1.807, 2.05) is 35.1 Å². The van der Waals surface area contributed by atoms with Gasteiger partial charge in [0.05, 0.1) is 25.3 Å². The quantitative estimate of drug-likeness (QED) is 0.640. The second kappa shape index (κ2) is 9.90. The summed E-state index contributed by atoms with van der Waals surface area (Å²) in [6, 6.07) is 16.4. The second-order valence-corrected chi connectivity index (χ2v) is 8.08. The molecule has 1 fully saturated rings. The number of morpholine rings is 1. The lowest BCUT2D eigenvalue weighted by Crippen LogP contribution is -2.41. The monoisotopic (exact) mass is 418 g/mol. The number of ether oxygens (including phenoxy) is 1. The Bertz CT molecular complexity index is 1020. The first-order chi connectivity index (χ1) is 15.1. The molecule has 1 aliphatic rings. The summed E-state index contributed by atoms with van der Waals surface area (Å²) in [4.78, 5) is 15.4. The third kappa shape index (κ3) is 5.40. The summed E-state index contributed by atoms with van der Waals surface area (Å²) in [5.74, 6) is -0.0826. The predicted molar refractivity (Wildman–Crippen MR) is 122 cm³/mol. The summed E-state index contributed by atoms with van der Waals surface area (Å²) >= 11 is 0. The first-order valence-electron chi connectivity index (χ1n) is 10.9. The van der Waals surface area contributed by atoms with E-state index < -0.39 is 0 Å². The topological polar surface area (TPSA) is 59.4 Å². The minimum Gasteiger partial charge on any atom is -0.379 e. The molecule has 0 unspecified atom stereocenters. The van der Waals surface area contributed by atoms with Crippen LogP contribution in [-0.2, 0) is 11.3 Å². The molecule has 6 nitrogen and oxygen atoms in total. The summed E-state index contributed by atoms with van der Waals surface area (Å²) in [5.41, 5.74) is 5.87. The van der Waals surface area contributed by atoms with Crippen LogP contribution in [0.1, 0.15) is 27.0 Å². The Kier molecular flexibility index (Phi) is 6.79. The standard InChI is InChI=1S/C25H30N4O2/c1-19-8-9-22(16-20(19)2)24-23(18-29(27-24)17-21-6-4-3-5-7-21)25(30)26-10-11-28-12-14-31-15-13-28/h3-9,16,18H,10-15,17H2,1-2H3,(H,26,30). The van der Waals surface area contributed by atoms with Crippen LogP contribution in [0.2, 0.25) is 0 Å². The molecule has 0 atom stereocenters. The molecule has 1 aromatic heterocycles. The number of carbonyl (C=O) groups is 1. The average Bonchev–Trinajstić information content (AvgIpc) is 3.21. The van der Waals surface area contributed by atoms with Crippen LogP contribution in [0.3, 0.4) is 0 Å². The minimum absolute atomic E-state index is 0.0826. The number of aryl methyl sites for hydroxylation is 2. The fourth-order valence-corrected chi connectivity index (χ4v) is 3.79. The summed E-state index contributed by atoms with van der Waals surface area (Å²) < 4.78 is 7.25. The first-order valence-corrected chi connectivity index (χ1v) is 10.9. The molecular weight excluding hydrogens is 388 g/mol. The van der Waals surface area contributed by atoms with Crippen molar-refractivity contribution in [3.63, 3.8) is 0 Å². The van der Waals surface area contributed by atoms with Gasteiger partial charge in [0.2, 0.25) is 0 Å². The summed E-state index contributed by atoms with van der Waals surface area (Å²) in [6.45, 7) is 9.58. The van der Waals surface area contributed by atoms with Crippen LogP contribution in [0.4, 0.5) is 0 Å². The SMILES string of the molecule is Cc1ccc(-c2nn(Cc3ccccc3)cc2C(=O)NCCN2CCOCC2)cc1C. The van der Waals surface area contributed by atoms with Crippen LogP contribution in [0.5, 0.6) is 0 Å². The van der Waals surface area contributed by atoms with Gasteiger partial charge in [-0.05, 0) is 36.6 Å². The molecule has 162 valence electrons. The molecule has 3 aromatic rings. The average molecular weight is 419 g/mol. The van der Waals surface area contributed by atoms with Gasteiger partial charge in [-0.25, -0.2) is 0 Å². The van der Waals surface area contributed by atoms with E-state index in [1.165, 1.54) is 11.1 Å². The van der Waals surface area contributed by atoms with Crippen molar-refractivity contribution >= 4 is 5.91 Å². The molecule has 2 aromatic carbocycles. The number of amides is 1. The van der Waals surface area contributed by atoms with E-state index in [4.69, 9.17) is 9.84 Å². The molecule has 0 bridgehead atoms. The van der Waals surface area contributed by atoms with Crippen molar-refractivity contribution in [2.75, 3.05) is 39.4 Å². The fraction of sp³-hybridized carbons (Fsp3) is 0.360. The Morgan fingerprint density at radius 1 is 1.06 bits per heavy atom. The van der Waals surface area contributed by atoms with Crippen LogP contribution in [-0.4, -0.2) is 60.0 Å². The Balaban J connectivity index is 1.54. The molecule has 1 amide bonds. The van der Waals surface area contributed by atoms with Gasteiger partial charge >= 0.3 is 0 Å². The molecule has 1 saturated heterocycles. The van der Waals surface area contributed by atoms with E-state index in [0.29, 0.717) is 18.7 Å². The van der Waals surface area contributed by atoms with Crippen LogP contribution >= 0.6 is 0 Å². The van der Waals surface area contributed by atoms with E-state index in [9.17, 15) is 4.79 Å². The van der Waals surface area contributed by atoms with Crippen molar-refractivity contribution in [1.82, 2.24) is 20.0 Å². The number of rotatable bonds is 7. The molecule has 4 rings (SSSR count). The third-order valence-electron chi connectivity index (χ3n) is 5.79. The summed E-state index contributed by atoms with van der Waals surface area (Å²) in [7, 11) is 0. The maximum atomic E-state index is 13.1. The van der Waals surface area contributed by atoms with Crippen LogP contribution in [0, 0.1) is 13.8 Å². The molecule has 31 heavy (non-hydrogen) atoms. The highest BCUT2D eigenvalue weighted by atomic mass is 16.5. The van der Waals surface area contributed by atoms with Gasteiger partial charge in [-0.2, -0.15) is 5.10 Å². The number of hydrogen-bond donors (Lipinski definition) is 1. The maximum Gasteiger partial charge on any atom is 0.255 e. The van der Waals surface area contributed by atoms with Crippen LogP contribution in [0.15, 0.2) is 54.7 Å². The van der Waals surface area contributed by atoms with Crippen molar-refractivity contribution in [2.45, 2.75) is 20.4 Å². The zero-order valence-corrected chi connectivity index (χ0v) is 18.3. The number of aromatic nitrogens is 2. The second-order valence-electron chi connectivity index (χ2n) is 8.08. The number of nitrogens with one attached hydrogen (secondary N) is 1. The molecule has 1 aliphatic heterocycles. The zero-order valence-electron chi connectivity index (χ0n) is 18.3. The summed E-state index contributed by atoms with van der Waals surface area (Å²) in [5, 5.41) is 7.88. The number of hydrogen-bond acceptors (Lipinski definition) is 4. The van der Waals surface area contributed by atoms with E-state index in [2.05, 4.69) is 48.3 Å². The zero-order chi connectivity index (χ0) is 21.6. The summed E-state index contributed by atoms with van der Waals surface area (Å²) in [6.07, 6.45) is 1.86. The van der Waals surface area contributed by atoms with E-state index in [1.54, 1.807) is 0 Å². The van der Waals surface area contributed by atoms with Gasteiger partial charge < -0.3 is 10.1 Å². The third-order valence-corrected chi connectivity index (χ3v) is 5.79. The number of carbonyl (C=O) groups excluding carboxylic acids is 1. The molecule has 0 spiro atoms. The van der Waals surface area contributed by atoms with Gasteiger partial charge in [0.25, 0.3) is 5.91 Å². The van der Waals surface area contributed by atoms with Crippen molar-refractivity contribution in [1.29, 1.82) is 0 Å². The highest BCUT2D eigenvalue weighted by Crippen LogP contribution is 2.25. The van der Waals surface area contributed by atoms with Crippen molar-refractivity contribution in [2.24, 2.45) is 0 Å². The van der Waals surface area contributed by atoms with Crippen molar-refractivity contribution in [3.8, 4) is 11.3 Å². The Morgan fingerprint density at radius 3 is 2.58 bits per heavy atom. The van der Waals surface area contributed by atoms with Crippen molar-refractivity contribution in [3.05, 3.63) is 77.0 Å². The molecule has 2 heterocycles. The molecule has 1 N–H and O–H groups in total. The molecule has 0 radical (unpaired) electrons. The highest BCUT2D eigenvalue weighted by Gasteiger charge is 2.19. The first kappa shape index (κ1) is 21.3. The van der Waals surface area contributed by atoms with E-state index in [-0.39, 0.29) is 5.91 Å². The van der Waals surface area contributed by atoms with Gasteiger partial charge in [0.1, 0.15) is 5.69 Å². The lowest BCUT2D eigenvalue weighted by Gasteiger charge is -2.26. The largest absolute Gasteiger partial charge is 0.379 e. The van der Waals surface area contributed by atoms with Crippen molar-refractivity contribution < 1.29 is 9.53 Å². The van der Waals surface area contributed by atoms with Gasteiger partial charge in [-0.3, -0.25) is 14.4 Å². The van der Waals surface area contributed by atoms with Gasteiger partial charge in [0, 0.05) is 37.9 Å². The Labute approximate surface area is 183 Å². The van der Waals surface area contributed by atoms with Gasteiger partial charge in [-0.1, -0.05) is 42.5 Å². The highest BCUT2D eigenvalue weighted by molar-refractivity contribution is 5.99. The number of benzene rings is 2.